The van der Waals surface area contributed by atoms with Gasteiger partial charge in [0.2, 0.25) is 5.78 Å². The number of benzene rings is 7. The number of hydrogen-bond donors (Lipinski definition) is 10. The largest absolute Gasteiger partial charge is 0.478 e. The number of ketones is 1. The van der Waals surface area contributed by atoms with E-state index in [0.717, 1.165) is 77.4 Å². The first kappa shape index (κ1) is 79.7. The van der Waals surface area contributed by atoms with Crippen molar-refractivity contribution in [2.24, 2.45) is 0 Å². The quantitative estimate of drug-likeness (QED) is 0.0130. The SMILES string of the molecule is CCCC[n+]1ccc(C=Cc2cc(C(=O)O)cc(C(=O)O)c2)cc1.COC(=O)C=Cc1cc(C(=O)O)cc(C(=O)O)c1.O=C(O)c1cc(C=C2Sc3ccccc3C2=O)cc(C(=O)O)c1.O=C(O)c1cc(C=Cc2ccccc2)cc(C(=O)O)c1.O=C(O)c1cc(C=Cc2ccncc2)cc(C(=O)O)c1. The Labute approximate surface area is 601 Å². The molecular weight excluding hydrogens is 1380 g/mol. The molecule has 0 bridgehead atoms. The number of aryl methyl sites for hydroxylation is 1. The molecule has 0 atom stereocenters. The lowest BCUT2D eigenvalue weighted by atomic mass is 10.0. The van der Waals surface area contributed by atoms with Crippen molar-refractivity contribution in [1.29, 1.82) is 0 Å². The summed E-state index contributed by atoms with van der Waals surface area (Å²) in [6, 6.07) is 43.5. The number of ether oxygens (including phenoxy) is 1. The molecule has 0 fully saturated rings. The molecule has 0 amide bonds. The van der Waals surface area contributed by atoms with E-state index in [4.69, 9.17) is 51.1 Å². The molecule has 0 saturated heterocycles. The van der Waals surface area contributed by atoms with Gasteiger partial charge in [0.1, 0.15) is 6.54 Å². The second-order valence-corrected chi connectivity index (χ2v) is 23.1. The first-order valence-corrected chi connectivity index (χ1v) is 31.7. The number of carbonyl (C=O) groups is 12. The lowest BCUT2D eigenvalue weighted by Crippen LogP contribution is -2.32. The molecule has 2 aromatic heterocycles. The maximum Gasteiger partial charge on any atom is 0.335 e. The van der Waals surface area contributed by atoms with Gasteiger partial charge < -0.3 is 55.8 Å². The minimum absolute atomic E-state index is 0.0416. The van der Waals surface area contributed by atoms with Crippen LogP contribution in [0, 0.1) is 0 Å². The van der Waals surface area contributed by atoms with Crippen LogP contribution in [0.2, 0.25) is 0 Å². The van der Waals surface area contributed by atoms with Gasteiger partial charge in [0.05, 0.1) is 67.6 Å². The number of carboxylic acid groups (broad SMARTS) is 10. The average Bonchev–Trinajstić information content (AvgIpc) is 1.66. The second-order valence-electron chi connectivity index (χ2n) is 22.0. The van der Waals surface area contributed by atoms with Gasteiger partial charge in [-0.1, -0.05) is 104 Å². The summed E-state index contributed by atoms with van der Waals surface area (Å²) in [5, 5.41) is 89.9. The Bertz CT molecular complexity index is 4680. The molecule has 7 aromatic carbocycles. The number of hydrogen-bond acceptors (Lipinski definition) is 15. The molecule has 0 unspecified atom stereocenters. The van der Waals surface area contributed by atoms with Gasteiger partial charge in [-0.2, -0.15) is 0 Å². The summed E-state index contributed by atoms with van der Waals surface area (Å²) >= 11 is 1.28. The molecule has 3 heterocycles. The number of aromatic nitrogens is 2. The fourth-order valence-corrected chi connectivity index (χ4v) is 10.2. The van der Waals surface area contributed by atoms with Crippen molar-refractivity contribution in [3.05, 3.63) is 311 Å². The van der Waals surface area contributed by atoms with Gasteiger partial charge in [0, 0.05) is 47.5 Å². The Morgan fingerprint density at radius 1 is 0.381 bits per heavy atom. The van der Waals surface area contributed by atoms with Crippen LogP contribution in [0.25, 0.3) is 48.6 Å². The number of carboxylic acids is 10. The Morgan fingerprint density at radius 3 is 1.02 bits per heavy atom. The van der Waals surface area contributed by atoms with Crippen LogP contribution in [0.5, 0.6) is 0 Å². The van der Waals surface area contributed by atoms with Crippen molar-refractivity contribution < 1.29 is 118 Å². The first-order chi connectivity index (χ1) is 50.0. The molecule has 1 aliphatic rings. The number of aromatic carboxylic acids is 10. The van der Waals surface area contributed by atoms with E-state index in [9.17, 15) is 57.5 Å². The van der Waals surface area contributed by atoms with E-state index >= 15 is 0 Å². The number of methoxy groups -OCH3 is 1. The number of esters is 1. The molecule has 0 aliphatic carbocycles. The van der Waals surface area contributed by atoms with E-state index in [1.807, 2.05) is 73.1 Å². The summed E-state index contributed by atoms with van der Waals surface area (Å²) in [4.78, 5) is 138. The molecule has 25 nitrogen and oxygen atoms in total. The zero-order valence-electron chi connectivity index (χ0n) is 55.4. The number of thioether (sulfide) groups is 1. The monoisotopic (exact) mass is 1440 g/mol. The van der Waals surface area contributed by atoms with Gasteiger partial charge in [0.25, 0.3) is 0 Å². The highest BCUT2D eigenvalue weighted by atomic mass is 32.2. The molecular formula is C79H63N2O23S+. The van der Waals surface area contributed by atoms with E-state index in [2.05, 4.69) is 21.2 Å². The maximum absolute atomic E-state index is 12.3. The molecule has 532 valence electrons. The van der Waals surface area contributed by atoms with Crippen LogP contribution < -0.4 is 4.57 Å². The van der Waals surface area contributed by atoms with Gasteiger partial charge in [0.15, 0.2) is 12.4 Å². The summed E-state index contributed by atoms with van der Waals surface area (Å²) < 4.78 is 6.47. The lowest BCUT2D eigenvalue weighted by Gasteiger charge is -2.02. The Hall–Kier alpha value is -14.3. The van der Waals surface area contributed by atoms with Gasteiger partial charge in [-0.25, -0.2) is 57.3 Å². The summed E-state index contributed by atoms with van der Waals surface area (Å²) in [7, 11) is 1.20. The molecule has 0 spiro atoms. The molecule has 0 radical (unpaired) electrons. The highest BCUT2D eigenvalue weighted by molar-refractivity contribution is 8.04. The van der Waals surface area contributed by atoms with E-state index in [-0.39, 0.29) is 67.0 Å². The zero-order valence-corrected chi connectivity index (χ0v) is 56.2. The molecule has 105 heavy (non-hydrogen) atoms. The zero-order chi connectivity index (χ0) is 76.9. The normalized spacial score (nSPS) is 11.5. The number of pyridine rings is 2. The highest BCUT2D eigenvalue weighted by Crippen LogP contribution is 2.41. The van der Waals surface area contributed by atoms with Crippen molar-refractivity contribution in [2.75, 3.05) is 7.11 Å². The molecule has 10 rings (SSSR count). The number of carbonyl (C=O) groups excluding carboxylic acids is 2. The third kappa shape index (κ3) is 25.5. The Kier molecular flexibility index (Phi) is 29.5. The minimum atomic E-state index is -1.24. The number of nitrogens with zero attached hydrogens (tertiary/aromatic N) is 2. The highest BCUT2D eigenvalue weighted by Gasteiger charge is 2.26. The third-order valence-electron chi connectivity index (χ3n) is 14.3. The van der Waals surface area contributed by atoms with Gasteiger partial charge in [-0.15, -0.1) is 0 Å². The van der Waals surface area contributed by atoms with E-state index < -0.39 is 65.7 Å². The van der Waals surface area contributed by atoms with Gasteiger partial charge in [-0.05, 0) is 172 Å². The standard InChI is InChI=1S/C19H19NO4.C17H10O5S.C16H12O4.C15H11NO4.C12H10O6/c1-2-3-8-20-9-6-14(7-10-20)4-5-15-11-16(18(21)22)13-17(12-15)19(23)24;18-15-12-3-1-2-4-13(12)23-14(15)7-9-5-10(16(19)20)8-11(6-9)17(21)22;17-15(18)13-8-12(9-14(10-13)16(19)20)7-6-11-4-2-1-3-5-11;17-14(18)12-7-11(8-13(9-12)15(19)20)2-1-10-3-5-16-6-4-10;1-18-10(13)3-2-7-4-8(11(14)15)6-9(5-7)12(16)17/h4-7,9-13H,2-3,8H2,1H3,(H-,21,22,23,24);1-8H,(H,19,20)(H,21,22);1-10H,(H,17,18)(H,19,20);1-9H,(H,17,18)(H,19,20);2-6H,1H3,(H,14,15)(H,16,17)/p+1. The number of fused-ring (bicyclic) bond motifs is 1. The number of rotatable bonds is 22. The fourth-order valence-electron chi connectivity index (χ4n) is 9.17. The van der Waals surface area contributed by atoms with Crippen LogP contribution in [0.15, 0.2) is 211 Å². The first-order valence-electron chi connectivity index (χ1n) is 30.9. The van der Waals surface area contributed by atoms with Gasteiger partial charge in [-0.3, -0.25) is 9.78 Å². The topological polar surface area (TPSA) is 433 Å². The van der Waals surface area contributed by atoms with Crippen molar-refractivity contribution in [3.8, 4) is 0 Å². The van der Waals surface area contributed by atoms with Crippen LogP contribution in [-0.2, 0) is 16.1 Å². The minimum Gasteiger partial charge on any atom is -0.478 e. The molecule has 0 saturated carbocycles. The smallest absolute Gasteiger partial charge is 0.335 e. The predicted molar refractivity (Wildman–Crippen MR) is 386 cm³/mol. The van der Waals surface area contributed by atoms with Crippen LogP contribution >= 0.6 is 11.8 Å². The summed E-state index contributed by atoms with van der Waals surface area (Å²) in [5.74, 6) is -12.6. The summed E-state index contributed by atoms with van der Waals surface area (Å²) in [6.45, 7) is 3.12. The van der Waals surface area contributed by atoms with Crippen LogP contribution in [0.1, 0.15) is 178 Å². The molecule has 9 aromatic rings. The van der Waals surface area contributed by atoms with Crippen molar-refractivity contribution in [3.63, 3.8) is 0 Å². The van der Waals surface area contributed by atoms with E-state index in [1.165, 1.54) is 91.7 Å². The van der Waals surface area contributed by atoms with E-state index in [1.54, 1.807) is 67.0 Å². The molecule has 10 N–H and O–H groups in total. The second kappa shape index (κ2) is 38.9. The van der Waals surface area contributed by atoms with Crippen molar-refractivity contribution in [2.45, 2.75) is 31.2 Å². The maximum atomic E-state index is 12.3. The molecule has 1 aliphatic heterocycles. The summed E-state index contributed by atoms with van der Waals surface area (Å²) in [6.07, 6.45) is 23.8. The van der Waals surface area contributed by atoms with Crippen LogP contribution in [-0.4, -0.2) is 135 Å². The molecule has 26 heteroatoms. The number of allylic oxidation sites excluding steroid dienone is 1. The Morgan fingerprint density at radius 2 is 0.686 bits per heavy atom. The summed E-state index contributed by atoms with van der Waals surface area (Å²) in [5.41, 5.74) is 4.74. The number of Topliss-reactive ketones (excluding diaryl/α,β-unsaturated/α-hetero) is 1. The van der Waals surface area contributed by atoms with Crippen molar-refractivity contribution in [1.82, 2.24) is 4.98 Å². The van der Waals surface area contributed by atoms with Crippen LogP contribution in [0.4, 0.5) is 0 Å². The van der Waals surface area contributed by atoms with E-state index in [0.29, 0.717) is 32.7 Å². The van der Waals surface area contributed by atoms with Gasteiger partial charge >= 0.3 is 65.7 Å². The Balaban J connectivity index is 0.000000207. The lowest BCUT2D eigenvalue weighted by molar-refractivity contribution is -0.697. The fraction of sp³-hybridized carbons (Fsp3) is 0.0633. The predicted octanol–water partition coefficient (Wildman–Crippen LogP) is 13.9. The number of unbranched alkanes of at least 4 members (excludes halogenated alkanes) is 1. The average molecular weight is 1440 g/mol. The van der Waals surface area contributed by atoms with Crippen LogP contribution in [0.3, 0.4) is 0 Å². The third-order valence-corrected chi connectivity index (χ3v) is 15.4. The van der Waals surface area contributed by atoms with Crippen molar-refractivity contribution >= 4 is 132 Å².